The molecule has 1 aromatic carbocycles. The van der Waals surface area contributed by atoms with Gasteiger partial charge in [-0.25, -0.2) is 0 Å². The molecule has 0 radical (unpaired) electrons. The Hall–Kier alpha value is -1.65. The van der Waals surface area contributed by atoms with Crippen LogP contribution < -0.4 is 0 Å². The first kappa shape index (κ1) is 16.2. The van der Waals surface area contributed by atoms with Gasteiger partial charge < -0.3 is 4.90 Å². The molecule has 1 aromatic heterocycles. The zero-order valence-corrected chi connectivity index (χ0v) is 14.6. The van der Waals surface area contributed by atoms with E-state index in [0.717, 1.165) is 24.7 Å². The molecule has 0 saturated carbocycles. The van der Waals surface area contributed by atoms with E-state index in [-0.39, 0.29) is 0 Å². The molecule has 2 heterocycles. The molecule has 0 amide bonds. The summed E-state index contributed by atoms with van der Waals surface area (Å²) in [5.41, 5.74) is 3.91. The van der Waals surface area contributed by atoms with Crippen molar-refractivity contribution in [1.29, 1.82) is 0 Å². The number of nitrogens with zero attached hydrogens (tertiary/aromatic N) is 4. The van der Waals surface area contributed by atoms with E-state index >= 15 is 0 Å². The van der Waals surface area contributed by atoms with Crippen molar-refractivity contribution in [2.24, 2.45) is 13.0 Å². The third-order valence-corrected chi connectivity index (χ3v) is 4.74. The molecule has 4 heteroatoms. The minimum atomic E-state index is 0.778. The van der Waals surface area contributed by atoms with Gasteiger partial charge in [0.15, 0.2) is 0 Å². The monoisotopic (exact) mass is 312 g/mol. The molecule has 2 aromatic rings. The van der Waals surface area contributed by atoms with Crippen molar-refractivity contribution in [3.8, 4) is 0 Å². The van der Waals surface area contributed by atoms with E-state index in [9.17, 15) is 0 Å². The molecule has 0 aliphatic carbocycles. The largest absolute Gasteiger partial charge is 0.302 e. The summed E-state index contributed by atoms with van der Waals surface area (Å²) in [6, 6.07) is 10.8. The highest BCUT2D eigenvalue weighted by atomic mass is 15.3. The van der Waals surface area contributed by atoms with Crippen molar-refractivity contribution in [3.05, 3.63) is 53.3 Å². The molecule has 1 aliphatic heterocycles. The minimum Gasteiger partial charge on any atom is -0.302 e. The maximum atomic E-state index is 4.44. The van der Waals surface area contributed by atoms with Crippen LogP contribution >= 0.6 is 0 Å². The first-order valence-electron chi connectivity index (χ1n) is 8.54. The van der Waals surface area contributed by atoms with Crippen LogP contribution in [-0.4, -0.2) is 46.3 Å². The third kappa shape index (κ3) is 4.43. The van der Waals surface area contributed by atoms with Crippen LogP contribution in [0.2, 0.25) is 0 Å². The van der Waals surface area contributed by atoms with Crippen LogP contribution in [0.25, 0.3) is 0 Å². The van der Waals surface area contributed by atoms with Crippen molar-refractivity contribution in [1.82, 2.24) is 19.6 Å². The molecule has 0 spiro atoms. The summed E-state index contributed by atoms with van der Waals surface area (Å²) in [7, 11) is 4.22. The van der Waals surface area contributed by atoms with Gasteiger partial charge in [-0.3, -0.25) is 9.58 Å². The van der Waals surface area contributed by atoms with Gasteiger partial charge in [0.2, 0.25) is 0 Å². The number of aromatic nitrogens is 2. The van der Waals surface area contributed by atoms with E-state index in [4.69, 9.17) is 0 Å². The number of hydrogen-bond acceptors (Lipinski definition) is 3. The van der Waals surface area contributed by atoms with E-state index in [1.165, 1.54) is 37.2 Å². The van der Waals surface area contributed by atoms with Crippen molar-refractivity contribution in [3.63, 3.8) is 0 Å². The van der Waals surface area contributed by atoms with Crippen LogP contribution in [0.4, 0.5) is 0 Å². The summed E-state index contributed by atoms with van der Waals surface area (Å²) >= 11 is 0. The van der Waals surface area contributed by atoms with E-state index < -0.39 is 0 Å². The molecule has 0 unspecified atom stereocenters. The van der Waals surface area contributed by atoms with Gasteiger partial charge in [0, 0.05) is 45.0 Å². The highest BCUT2D eigenvalue weighted by Gasteiger charge is 2.23. The summed E-state index contributed by atoms with van der Waals surface area (Å²) in [5, 5.41) is 4.44. The Morgan fingerprint density at radius 3 is 2.74 bits per heavy atom. The van der Waals surface area contributed by atoms with Gasteiger partial charge >= 0.3 is 0 Å². The van der Waals surface area contributed by atoms with Crippen molar-refractivity contribution in [2.75, 3.05) is 26.7 Å². The first-order valence-corrected chi connectivity index (χ1v) is 8.54. The third-order valence-electron chi connectivity index (χ3n) is 4.74. The molecule has 23 heavy (non-hydrogen) atoms. The fourth-order valence-corrected chi connectivity index (χ4v) is 3.65. The normalized spacial score (nSPS) is 18.9. The highest BCUT2D eigenvalue weighted by Crippen LogP contribution is 2.20. The highest BCUT2D eigenvalue weighted by molar-refractivity contribution is 5.15. The molecule has 4 nitrogen and oxygen atoms in total. The van der Waals surface area contributed by atoms with Gasteiger partial charge in [0.05, 0.1) is 5.69 Å². The summed E-state index contributed by atoms with van der Waals surface area (Å²) in [4.78, 5) is 5.03. The van der Waals surface area contributed by atoms with Gasteiger partial charge in [-0.2, -0.15) is 5.10 Å². The maximum Gasteiger partial charge on any atom is 0.0638 e. The van der Waals surface area contributed by atoms with Crippen LogP contribution in [0, 0.1) is 12.8 Å². The van der Waals surface area contributed by atoms with E-state index in [1.807, 2.05) is 11.7 Å². The molecule has 124 valence electrons. The lowest BCUT2D eigenvalue weighted by Crippen LogP contribution is -2.28. The molecular weight excluding hydrogens is 284 g/mol. The summed E-state index contributed by atoms with van der Waals surface area (Å²) < 4.78 is 1.91. The van der Waals surface area contributed by atoms with E-state index in [1.54, 1.807) is 0 Å². The van der Waals surface area contributed by atoms with Crippen LogP contribution in [0.1, 0.15) is 23.2 Å². The lowest BCUT2D eigenvalue weighted by molar-refractivity contribution is 0.254. The second-order valence-corrected chi connectivity index (χ2v) is 6.99. The number of aryl methyl sites for hydroxylation is 2. The standard InChI is InChI=1S/C19H28N4/c1-16-19(15-22(3)20-16)14-21(2)11-18-9-10-23(13-18)12-17-7-5-4-6-8-17/h4-8,15,18H,9-14H2,1-3H3/t18-/m0/s1. The van der Waals surface area contributed by atoms with Gasteiger partial charge in [0.1, 0.15) is 0 Å². The fraction of sp³-hybridized carbons (Fsp3) is 0.526. The Kier molecular flexibility index (Phi) is 5.13. The van der Waals surface area contributed by atoms with Crippen molar-refractivity contribution < 1.29 is 0 Å². The average molecular weight is 312 g/mol. The second-order valence-electron chi connectivity index (χ2n) is 6.99. The summed E-state index contributed by atoms with van der Waals surface area (Å²) in [5.74, 6) is 0.778. The van der Waals surface area contributed by atoms with Gasteiger partial charge in [-0.15, -0.1) is 0 Å². The molecule has 1 aliphatic rings. The Morgan fingerprint density at radius 1 is 1.26 bits per heavy atom. The number of likely N-dealkylation sites (tertiary alicyclic amines) is 1. The van der Waals surface area contributed by atoms with Crippen molar-refractivity contribution in [2.45, 2.75) is 26.4 Å². The Labute approximate surface area is 139 Å². The topological polar surface area (TPSA) is 24.3 Å². The van der Waals surface area contributed by atoms with Crippen LogP contribution in [0.5, 0.6) is 0 Å². The van der Waals surface area contributed by atoms with Gasteiger partial charge in [-0.1, -0.05) is 30.3 Å². The predicted molar refractivity (Wildman–Crippen MR) is 94.1 cm³/mol. The molecule has 3 rings (SSSR count). The Morgan fingerprint density at radius 2 is 2.04 bits per heavy atom. The quantitative estimate of drug-likeness (QED) is 0.819. The SMILES string of the molecule is Cc1nn(C)cc1CN(C)C[C@@H]1CCN(Cc2ccccc2)C1. The zero-order chi connectivity index (χ0) is 16.2. The van der Waals surface area contributed by atoms with E-state index in [2.05, 4.69) is 65.4 Å². The molecule has 1 atom stereocenters. The van der Waals surface area contributed by atoms with Crippen molar-refractivity contribution >= 4 is 0 Å². The second kappa shape index (κ2) is 7.28. The number of rotatable bonds is 6. The smallest absolute Gasteiger partial charge is 0.0638 e. The summed E-state index contributed by atoms with van der Waals surface area (Å²) in [6.45, 7) is 7.78. The predicted octanol–water partition coefficient (Wildman–Crippen LogP) is 2.68. The Balaban J connectivity index is 1.47. The Bertz CT molecular complexity index is 620. The molecule has 1 saturated heterocycles. The minimum absolute atomic E-state index is 0.778. The molecule has 1 fully saturated rings. The lowest BCUT2D eigenvalue weighted by atomic mass is 10.1. The van der Waals surface area contributed by atoms with E-state index in [0.29, 0.717) is 0 Å². The average Bonchev–Trinajstić information content (AvgIpc) is 3.06. The van der Waals surface area contributed by atoms with Gasteiger partial charge in [0.25, 0.3) is 0 Å². The van der Waals surface area contributed by atoms with Crippen LogP contribution in [-0.2, 0) is 20.1 Å². The van der Waals surface area contributed by atoms with Crippen LogP contribution in [0.3, 0.4) is 0 Å². The zero-order valence-electron chi connectivity index (χ0n) is 14.6. The molecule has 0 bridgehead atoms. The van der Waals surface area contributed by atoms with Gasteiger partial charge in [-0.05, 0) is 38.4 Å². The lowest BCUT2D eigenvalue weighted by Gasteiger charge is -2.21. The maximum absolute atomic E-state index is 4.44. The fourth-order valence-electron chi connectivity index (χ4n) is 3.65. The summed E-state index contributed by atoms with van der Waals surface area (Å²) in [6.07, 6.45) is 3.45. The number of hydrogen-bond donors (Lipinski definition) is 0. The number of benzene rings is 1. The molecular formula is C19H28N4. The first-order chi connectivity index (χ1) is 11.1. The van der Waals surface area contributed by atoms with Crippen LogP contribution in [0.15, 0.2) is 36.5 Å². The molecule has 0 N–H and O–H groups in total.